The van der Waals surface area contributed by atoms with Gasteiger partial charge in [0.2, 0.25) is 14.2 Å². The number of hydrogen-bond donors (Lipinski definition) is 2. The van der Waals surface area contributed by atoms with Crippen LogP contribution in [0.3, 0.4) is 0 Å². The van der Waals surface area contributed by atoms with Crippen molar-refractivity contribution in [2.24, 2.45) is 0 Å². The third-order valence-electron chi connectivity index (χ3n) is 7.34. The van der Waals surface area contributed by atoms with Crippen LogP contribution in [0.5, 0.6) is 0 Å². The van der Waals surface area contributed by atoms with Gasteiger partial charge in [-0.05, 0) is 80.6 Å². The van der Waals surface area contributed by atoms with Gasteiger partial charge in [-0.25, -0.2) is 4.79 Å². The summed E-state index contributed by atoms with van der Waals surface area (Å²) in [6.45, 7) is 12.0. The van der Waals surface area contributed by atoms with Crippen LogP contribution in [-0.2, 0) is 16.1 Å². The Morgan fingerprint density at radius 1 is 1.11 bits per heavy atom. The van der Waals surface area contributed by atoms with Crippen LogP contribution in [0.2, 0.25) is 13.1 Å². The highest BCUT2D eigenvalue weighted by Gasteiger charge is 2.37. The van der Waals surface area contributed by atoms with E-state index in [4.69, 9.17) is 4.74 Å². The lowest BCUT2D eigenvalue weighted by Crippen LogP contribution is -2.42. The van der Waals surface area contributed by atoms with E-state index in [-0.39, 0.29) is 11.8 Å². The molecule has 2 N–H and O–H groups in total. The maximum atomic E-state index is 13.5. The Bertz CT molecular complexity index is 1150. The van der Waals surface area contributed by atoms with Gasteiger partial charge in [0.15, 0.2) is 0 Å². The number of likely N-dealkylation sites (tertiary alicyclic amines) is 1. The SMILES string of the molecule is CN1CC(C(=O)N2CCC(c3cccc(CNC(=O)OC(C)(C)C)c3)CC2)c2ccc([Si](C)(C)O)cc21. The number of nitrogens with one attached hydrogen (secondary N) is 1. The number of amides is 2. The normalized spacial score (nSPS) is 18.5. The molecule has 0 spiro atoms. The van der Waals surface area contributed by atoms with E-state index in [0.29, 0.717) is 19.0 Å². The number of piperidine rings is 1. The van der Waals surface area contributed by atoms with Gasteiger partial charge in [0, 0.05) is 38.9 Å². The maximum absolute atomic E-state index is 13.5. The van der Waals surface area contributed by atoms with Gasteiger partial charge in [-0.2, -0.15) is 0 Å². The van der Waals surface area contributed by atoms with Crippen molar-refractivity contribution in [1.29, 1.82) is 0 Å². The molecule has 200 valence electrons. The summed E-state index contributed by atoms with van der Waals surface area (Å²) < 4.78 is 5.33. The topological polar surface area (TPSA) is 82.1 Å². The van der Waals surface area contributed by atoms with Gasteiger partial charge in [0.05, 0.1) is 5.92 Å². The van der Waals surface area contributed by atoms with Crippen LogP contribution in [0.1, 0.15) is 62.1 Å². The highest BCUT2D eigenvalue weighted by molar-refractivity contribution is 6.83. The zero-order valence-corrected chi connectivity index (χ0v) is 24.0. The van der Waals surface area contributed by atoms with Crippen molar-refractivity contribution in [3.63, 3.8) is 0 Å². The second-order valence-electron chi connectivity index (χ2n) is 12.0. The first-order chi connectivity index (χ1) is 17.3. The van der Waals surface area contributed by atoms with Crippen LogP contribution in [0, 0.1) is 0 Å². The summed E-state index contributed by atoms with van der Waals surface area (Å²) in [5.41, 5.74) is 3.92. The number of fused-ring (bicyclic) bond motifs is 1. The summed E-state index contributed by atoms with van der Waals surface area (Å²) in [6.07, 6.45) is 1.43. The van der Waals surface area contributed by atoms with Crippen molar-refractivity contribution < 1.29 is 19.1 Å². The summed E-state index contributed by atoms with van der Waals surface area (Å²) in [4.78, 5) is 40.3. The van der Waals surface area contributed by atoms with E-state index >= 15 is 0 Å². The average molecular weight is 524 g/mol. The van der Waals surface area contributed by atoms with E-state index in [1.54, 1.807) is 0 Å². The van der Waals surface area contributed by atoms with Crippen molar-refractivity contribution in [3.05, 3.63) is 59.2 Å². The Labute approximate surface area is 221 Å². The molecule has 37 heavy (non-hydrogen) atoms. The number of rotatable bonds is 5. The molecular weight excluding hydrogens is 482 g/mol. The molecule has 1 atom stereocenters. The molecular formula is C29H41N3O4Si. The molecule has 8 heteroatoms. The minimum absolute atomic E-state index is 0.156. The lowest BCUT2D eigenvalue weighted by molar-refractivity contribution is -0.133. The number of nitrogens with zero attached hydrogens (tertiary/aromatic N) is 2. The number of alkyl carbamates (subject to hydrolysis) is 1. The van der Waals surface area contributed by atoms with Gasteiger partial charge >= 0.3 is 6.09 Å². The number of carbonyl (C=O) groups is 2. The van der Waals surface area contributed by atoms with E-state index in [9.17, 15) is 14.4 Å². The highest BCUT2D eigenvalue weighted by atomic mass is 28.4. The average Bonchev–Trinajstić information content (AvgIpc) is 3.17. The molecule has 1 unspecified atom stereocenters. The number of ether oxygens (including phenoxy) is 1. The fourth-order valence-electron chi connectivity index (χ4n) is 5.33. The molecule has 4 rings (SSSR count). The summed E-state index contributed by atoms with van der Waals surface area (Å²) in [7, 11) is -0.374. The predicted molar refractivity (Wildman–Crippen MR) is 150 cm³/mol. The molecule has 2 aliphatic heterocycles. The first-order valence-corrected chi connectivity index (χ1v) is 16.2. The smallest absolute Gasteiger partial charge is 0.407 e. The zero-order valence-electron chi connectivity index (χ0n) is 23.0. The van der Waals surface area contributed by atoms with Crippen molar-refractivity contribution >= 4 is 31.2 Å². The Morgan fingerprint density at radius 2 is 1.81 bits per heavy atom. The number of likely N-dealkylation sites (N-methyl/N-ethyl adjacent to an activating group) is 1. The summed E-state index contributed by atoms with van der Waals surface area (Å²) in [6, 6.07) is 14.5. The molecule has 7 nitrogen and oxygen atoms in total. The van der Waals surface area contributed by atoms with Gasteiger partial charge in [-0.15, -0.1) is 0 Å². The molecule has 2 amide bonds. The summed E-state index contributed by atoms with van der Waals surface area (Å²) in [5, 5.41) is 3.83. The number of carbonyl (C=O) groups excluding carboxylic acids is 2. The maximum Gasteiger partial charge on any atom is 0.407 e. The lowest BCUT2D eigenvalue weighted by Gasteiger charge is -2.34. The van der Waals surface area contributed by atoms with Crippen molar-refractivity contribution in [3.8, 4) is 0 Å². The Hall–Kier alpha value is -2.84. The second kappa shape index (κ2) is 10.5. The molecule has 2 aliphatic rings. The Balaban J connectivity index is 1.35. The molecule has 2 aromatic rings. The molecule has 0 aliphatic carbocycles. The number of benzene rings is 2. The van der Waals surface area contributed by atoms with Gasteiger partial charge < -0.3 is 24.6 Å². The molecule has 0 saturated carbocycles. The van der Waals surface area contributed by atoms with Crippen LogP contribution in [0.4, 0.5) is 10.5 Å². The van der Waals surface area contributed by atoms with Crippen molar-refractivity contribution in [2.45, 2.75) is 70.7 Å². The monoisotopic (exact) mass is 523 g/mol. The van der Waals surface area contributed by atoms with Crippen LogP contribution < -0.4 is 15.4 Å². The fourth-order valence-corrected chi connectivity index (χ4v) is 6.31. The first kappa shape index (κ1) is 27.2. The fraction of sp³-hybridized carbons (Fsp3) is 0.517. The third kappa shape index (κ3) is 6.54. The molecule has 1 fully saturated rings. The first-order valence-electron chi connectivity index (χ1n) is 13.2. The van der Waals surface area contributed by atoms with E-state index in [0.717, 1.165) is 47.9 Å². The number of hydrogen-bond acceptors (Lipinski definition) is 5. The molecule has 2 heterocycles. The van der Waals surface area contributed by atoms with Gasteiger partial charge in [-0.1, -0.05) is 36.4 Å². The lowest BCUT2D eigenvalue weighted by atomic mass is 9.88. The molecule has 2 aromatic carbocycles. The highest BCUT2D eigenvalue weighted by Crippen LogP contribution is 2.37. The van der Waals surface area contributed by atoms with Gasteiger partial charge in [0.25, 0.3) is 0 Å². The van der Waals surface area contributed by atoms with Crippen molar-refractivity contribution in [1.82, 2.24) is 10.2 Å². The number of anilines is 1. The molecule has 0 bridgehead atoms. The van der Waals surface area contributed by atoms with E-state index < -0.39 is 20.0 Å². The predicted octanol–water partition coefficient (Wildman–Crippen LogP) is 4.06. The van der Waals surface area contributed by atoms with Crippen LogP contribution in [0.15, 0.2) is 42.5 Å². The van der Waals surface area contributed by atoms with Gasteiger partial charge in [0.1, 0.15) is 5.60 Å². The van der Waals surface area contributed by atoms with Crippen LogP contribution >= 0.6 is 0 Å². The summed E-state index contributed by atoms with van der Waals surface area (Å²) >= 11 is 0. The standard InChI is InChI=1S/C29H41N3O4Si/c1-29(2,3)36-28(34)30-18-20-8-7-9-22(16-20)21-12-14-32(15-13-21)27(33)25-19-31(4)26-17-23(37(5,6)35)10-11-24(25)26/h7-11,16-17,21,25,35H,12-15,18-19H2,1-6H3,(H,30,34). The molecule has 0 aromatic heterocycles. The zero-order chi connectivity index (χ0) is 27.0. The van der Waals surface area contributed by atoms with Crippen LogP contribution in [0.25, 0.3) is 0 Å². The van der Waals surface area contributed by atoms with E-state index in [2.05, 4.69) is 28.4 Å². The van der Waals surface area contributed by atoms with Gasteiger partial charge in [-0.3, -0.25) is 4.79 Å². The summed E-state index contributed by atoms with van der Waals surface area (Å²) in [5.74, 6) is 0.437. The quantitative estimate of drug-likeness (QED) is 0.578. The molecule has 1 saturated heterocycles. The van der Waals surface area contributed by atoms with Crippen LogP contribution in [-0.4, -0.2) is 62.3 Å². The van der Waals surface area contributed by atoms with E-state index in [1.807, 2.05) is 70.1 Å². The Morgan fingerprint density at radius 3 is 2.46 bits per heavy atom. The van der Waals surface area contributed by atoms with Crippen molar-refractivity contribution in [2.75, 3.05) is 31.6 Å². The second-order valence-corrected chi connectivity index (χ2v) is 15.7. The third-order valence-corrected chi connectivity index (χ3v) is 9.07. The van der Waals surface area contributed by atoms with E-state index in [1.165, 1.54) is 5.56 Å². The largest absolute Gasteiger partial charge is 0.444 e. The minimum Gasteiger partial charge on any atom is -0.444 e. The molecule has 0 radical (unpaired) electrons. The Kier molecular flexibility index (Phi) is 7.71. The minimum atomic E-state index is -2.40.